The van der Waals surface area contributed by atoms with Crippen LogP contribution >= 0.6 is 0 Å². The zero-order chi connectivity index (χ0) is 12.8. The van der Waals surface area contributed by atoms with Gasteiger partial charge in [0.25, 0.3) is 0 Å². The molecule has 17 heavy (non-hydrogen) atoms. The van der Waals surface area contributed by atoms with Gasteiger partial charge in [-0.25, -0.2) is 4.39 Å². The molecule has 0 amide bonds. The lowest BCUT2D eigenvalue weighted by Crippen LogP contribution is -2.36. The van der Waals surface area contributed by atoms with E-state index in [4.69, 9.17) is 9.84 Å². The van der Waals surface area contributed by atoms with E-state index in [1.54, 1.807) is 19.2 Å². The van der Waals surface area contributed by atoms with Crippen molar-refractivity contribution in [2.24, 2.45) is 0 Å². The monoisotopic (exact) mass is 241 g/mol. The van der Waals surface area contributed by atoms with Gasteiger partial charge in [0.1, 0.15) is 5.82 Å². The first kappa shape index (κ1) is 13.9. The zero-order valence-electron chi connectivity index (χ0n) is 10.6. The van der Waals surface area contributed by atoms with Crippen LogP contribution in [0.1, 0.15) is 19.4 Å². The molecule has 1 N–H and O–H groups in total. The fourth-order valence-corrected chi connectivity index (χ4v) is 1.93. The van der Waals surface area contributed by atoms with Crippen LogP contribution in [0.3, 0.4) is 0 Å². The fraction of sp³-hybridized carbons (Fsp3) is 0.538. The van der Waals surface area contributed by atoms with E-state index in [9.17, 15) is 4.39 Å². The lowest BCUT2D eigenvalue weighted by Gasteiger charge is -2.30. The number of aliphatic hydroxyl groups excluding tert-OH is 1. The molecule has 0 aliphatic rings. The van der Waals surface area contributed by atoms with Crippen molar-refractivity contribution in [1.82, 2.24) is 0 Å². The van der Waals surface area contributed by atoms with Gasteiger partial charge in [0.15, 0.2) is 0 Å². The molecule has 0 saturated heterocycles. The molecule has 0 saturated carbocycles. The second-order valence-corrected chi connectivity index (χ2v) is 4.03. The van der Waals surface area contributed by atoms with Crippen LogP contribution in [0.5, 0.6) is 0 Å². The number of nitrogens with zero attached hydrogens (tertiary/aromatic N) is 1. The van der Waals surface area contributed by atoms with Crippen molar-refractivity contribution in [3.05, 3.63) is 29.6 Å². The maximum atomic E-state index is 13.9. The number of rotatable bonds is 6. The number of likely N-dealkylation sites (N-methyl/N-ethyl adjacent to an activating group) is 1. The van der Waals surface area contributed by atoms with Gasteiger partial charge in [-0.2, -0.15) is 0 Å². The third-order valence-electron chi connectivity index (χ3n) is 2.78. The molecule has 96 valence electrons. The van der Waals surface area contributed by atoms with Gasteiger partial charge >= 0.3 is 0 Å². The molecule has 0 aliphatic carbocycles. The highest BCUT2D eigenvalue weighted by atomic mass is 19.1. The van der Waals surface area contributed by atoms with Crippen LogP contribution in [0.15, 0.2) is 18.2 Å². The number of halogens is 1. The average Bonchev–Trinajstić information content (AvgIpc) is 2.32. The lowest BCUT2D eigenvalue weighted by molar-refractivity contribution is 0.181. The number of methoxy groups -OCH3 is 1. The summed E-state index contributed by atoms with van der Waals surface area (Å²) in [6.07, 6.45) is 0. The third kappa shape index (κ3) is 3.41. The molecule has 1 atom stereocenters. The summed E-state index contributed by atoms with van der Waals surface area (Å²) in [5.41, 5.74) is 1.14. The van der Waals surface area contributed by atoms with E-state index in [2.05, 4.69) is 0 Å². The van der Waals surface area contributed by atoms with Crippen LogP contribution in [-0.4, -0.2) is 31.4 Å². The minimum Gasteiger partial charge on any atom is -0.392 e. The Balaban J connectivity index is 2.95. The molecular weight excluding hydrogens is 221 g/mol. The standard InChI is InChI=1S/C13H20FNO2/c1-4-15(10(2)9-17-3)13-6-5-11(8-16)7-12(13)14/h5-7,10,16H,4,8-9H2,1-3H3. The van der Waals surface area contributed by atoms with Crippen molar-refractivity contribution >= 4 is 5.69 Å². The Labute approximate surface area is 102 Å². The number of benzene rings is 1. The molecule has 0 bridgehead atoms. The van der Waals surface area contributed by atoms with Crippen molar-refractivity contribution < 1.29 is 14.2 Å². The topological polar surface area (TPSA) is 32.7 Å². The number of anilines is 1. The normalized spacial score (nSPS) is 12.5. The summed E-state index contributed by atoms with van der Waals surface area (Å²) in [5, 5.41) is 8.94. The van der Waals surface area contributed by atoms with E-state index in [1.165, 1.54) is 6.07 Å². The quantitative estimate of drug-likeness (QED) is 0.828. The Kier molecular flexibility index (Phi) is 5.38. The maximum absolute atomic E-state index is 13.9. The number of hydrogen-bond donors (Lipinski definition) is 1. The summed E-state index contributed by atoms with van der Waals surface area (Å²) >= 11 is 0. The first-order chi connectivity index (χ1) is 8.13. The van der Waals surface area contributed by atoms with Crippen LogP contribution in [0.4, 0.5) is 10.1 Å². The largest absolute Gasteiger partial charge is 0.392 e. The van der Waals surface area contributed by atoms with Crippen LogP contribution in [0.25, 0.3) is 0 Å². The van der Waals surface area contributed by atoms with Gasteiger partial charge in [0.2, 0.25) is 0 Å². The van der Waals surface area contributed by atoms with E-state index in [-0.39, 0.29) is 18.5 Å². The maximum Gasteiger partial charge on any atom is 0.146 e. The van der Waals surface area contributed by atoms with Gasteiger partial charge in [-0.3, -0.25) is 0 Å². The van der Waals surface area contributed by atoms with Crippen LogP contribution < -0.4 is 4.90 Å². The molecule has 0 aromatic heterocycles. The van der Waals surface area contributed by atoms with E-state index in [0.717, 1.165) is 0 Å². The highest BCUT2D eigenvalue weighted by Gasteiger charge is 2.16. The van der Waals surface area contributed by atoms with Crippen molar-refractivity contribution in [2.45, 2.75) is 26.5 Å². The third-order valence-corrected chi connectivity index (χ3v) is 2.78. The van der Waals surface area contributed by atoms with Gasteiger partial charge in [0, 0.05) is 19.7 Å². The van der Waals surface area contributed by atoms with Gasteiger partial charge in [-0.15, -0.1) is 0 Å². The molecule has 1 unspecified atom stereocenters. The van der Waals surface area contributed by atoms with Gasteiger partial charge in [0.05, 0.1) is 18.9 Å². The first-order valence-electron chi connectivity index (χ1n) is 5.78. The van der Waals surface area contributed by atoms with Crippen LogP contribution in [-0.2, 0) is 11.3 Å². The second kappa shape index (κ2) is 6.57. The summed E-state index contributed by atoms with van der Waals surface area (Å²) < 4.78 is 19.0. The molecule has 0 aliphatic heterocycles. The van der Waals surface area contributed by atoms with Crippen molar-refractivity contribution in [2.75, 3.05) is 25.2 Å². The average molecular weight is 241 g/mol. The number of hydrogen-bond acceptors (Lipinski definition) is 3. The summed E-state index contributed by atoms with van der Waals surface area (Å²) in [7, 11) is 1.63. The molecule has 3 nitrogen and oxygen atoms in total. The molecule has 0 heterocycles. The Morgan fingerprint density at radius 2 is 2.18 bits per heavy atom. The Bertz CT molecular complexity index is 357. The summed E-state index contributed by atoms with van der Waals surface area (Å²) in [6, 6.07) is 4.92. The Morgan fingerprint density at radius 3 is 2.65 bits per heavy atom. The molecular formula is C13H20FNO2. The molecule has 0 radical (unpaired) electrons. The molecule has 4 heteroatoms. The van der Waals surface area contributed by atoms with E-state index >= 15 is 0 Å². The Morgan fingerprint density at radius 1 is 1.47 bits per heavy atom. The number of aliphatic hydroxyl groups is 1. The fourth-order valence-electron chi connectivity index (χ4n) is 1.93. The highest BCUT2D eigenvalue weighted by molar-refractivity contribution is 5.50. The summed E-state index contributed by atoms with van der Waals surface area (Å²) in [6.45, 7) is 5.09. The summed E-state index contributed by atoms with van der Waals surface area (Å²) in [4.78, 5) is 1.94. The number of ether oxygens (including phenoxy) is 1. The predicted octanol–water partition coefficient (Wildman–Crippen LogP) is 2.18. The molecule has 0 spiro atoms. The molecule has 1 aromatic carbocycles. The van der Waals surface area contributed by atoms with Crippen molar-refractivity contribution in [1.29, 1.82) is 0 Å². The van der Waals surface area contributed by atoms with Crippen molar-refractivity contribution in [3.8, 4) is 0 Å². The minimum atomic E-state index is -0.304. The van der Waals surface area contributed by atoms with E-state index in [1.807, 2.05) is 18.7 Å². The predicted molar refractivity (Wildman–Crippen MR) is 66.7 cm³/mol. The van der Waals surface area contributed by atoms with E-state index in [0.29, 0.717) is 24.4 Å². The summed E-state index contributed by atoms with van der Waals surface area (Å²) in [5.74, 6) is -0.304. The van der Waals surface area contributed by atoms with Gasteiger partial charge < -0.3 is 14.7 Å². The smallest absolute Gasteiger partial charge is 0.146 e. The van der Waals surface area contributed by atoms with Crippen LogP contribution in [0.2, 0.25) is 0 Å². The first-order valence-corrected chi connectivity index (χ1v) is 5.78. The second-order valence-electron chi connectivity index (χ2n) is 4.03. The molecule has 1 rings (SSSR count). The lowest BCUT2D eigenvalue weighted by atomic mass is 10.1. The zero-order valence-corrected chi connectivity index (χ0v) is 10.6. The highest BCUT2D eigenvalue weighted by Crippen LogP contribution is 2.22. The molecule has 0 fully saturated rings. The van der Waals surface area contributed by atoms with Gasteiger partial charge in [-0.05, 0) is 31.5 Å². The van der Waals surface area contributed by atoms with Crippen LogP contribution in [0, 0.1) is 5.82 Å². The van der Waals surface area contributed by atoms with Gasteiger partial charge in [-0.1, -0.05) is 6.07 Å². The molecule has 1 aromatic rings. The van der Waals surface area contributed by atoms with E-state index < -0.39 is 0 Å². The Hall–Kier alpha value is -1.13. The SMILES string of the molecule is CCN(c1ccc(CO)cc1F)C(C)COC. The minimum absolute atomic E-state index is 0.111. The van der Waals surface area contributed by atoms with Crippen molar-refractivity contribution in [3.63, 3.8) is 0 Å².